The number of amides is 1. The highest BCUT2D eigenvalue weighted by atomic mass is 32.2. The van der Waals surface area contributed by atoms with E-state index in [-0.39, 0.29) is 5.91 Å². The molecule has 1 fully saturated rings. The molecule has 0 aliphatic carbocycles. The molecule has 2 rings (SSSR count). The van der Waals surface area contributed by atoms with E-state index in [1.54, 1.807) is 6.07 Å². The van der Waals surface area contributed by atoms with Crippen LogP contribution in [-0.4, -0.2) is 44.6 Å². The van der Waals surface area contributed by atoms with Gasteiger partial charge in [-0.1, -0.05) is 19.1 Å². The van der Waals surface area contributed by atoms with Gasteiger partial charge in [0.15, 0.2) is 0 Å². The lowest BCUT2D eigenvalue weighted by Crippen LogP contribution is -2.51. The van der Waals surface area contributed by atoms with E-state index in [1.807, 2.05) is 36.9 Å². The first-order valence-corrected chi connectivity index (χ1v) is 10.0. The fourth-order valence-corrected chi connectivity index (χ4v) is 4.33. The van der Waals surface area contributed by atoms with E-state index < -0.39 is 16.1 Å². The van der Waals surface area contributed by atoms with Crippen LogP contribution in [0.4, 0.5) is 5.69 Å². The van der Waals surface area contributed by atoms with E-state index in [0.717, 1.165) is 37.9 Å². The van der Waals surface area contributed by atoms with Crippen LogP contribution in [0.2, 0.25) is 0 Å². The first kappa shape index (κ1) is 17.8. The van der Waals surface area contributed by atoms with Crippen molar-refractivity contribution in [2.45, 2.75) is 45.6 Å². The number of sulfonamides is 1. The summed E-state index contributed by atoms with van der Waals surface area (Å²) in [5.41, 5.74) is 1.53. The number of nitrogens with zero attached hydrogens (tertiary/aromatic N) is 2. The normalized spacial score (nSPS) is 16.9. The van der Waals surface area contributed by atoms with Crippen LogP contribution in [0.5, 0.6) is 0 Å². The summed E-state index contributed by atoms with van der Waals surface area (Å²) in [6.45, 7) is 5.22. The number of anilines is 1. The van der Waals surface area contributed by atoms with Gasteiger partial charge >= 0.3 is 0 Å². The third kappa shape index (κ3) is 4.25. The van der Waals surface area contributed by atoms with Crippen LogP contribution in [0, 0.1) is 6.92 Å². The Kier molecular flexibility index (Phi) is 5.68. The fourth-order valence-electron chi connectivity index (χ4n) is 3.13. The maximum Gasteiger partial charge on any atom is 0.246 e. The molecule has 1 aliphatic rings. The average molecular weight is 338 g/mol. The van der Waals surface area contributed by atoms with E-state index in [0.29, 0.717) is 12.1 Å². The predicted octanol–water partition coefficient (Wildman–Crippen LogP) is 2.55. The second-order valence-electron chi connectivity index (χ2n) is 6.21. The van der Waals surface area contributed by atoms with Gasteiger partial charge in [0.1, 0.15) is 6.04 Å². The molecule has 6 heteroatoms. The molecular formula is C17H26N2O3S. The minimum atomic E-state index is -3.54. The van der Waals surface area contributed by atoms with Gasteiger partial charge in [-0.2, -0.15) is 0 Å². The Balaban J connectivity index is 2.38. The highest BCUT2D eigenvalue weighted by molar-refractivity contribution is 7.92. The molecule has 0 unspecified atom stereocenters. The van der Waals surface area contributed by atoms with Gasteiger partial charge in [0.05, 0.1) is 11.9 Å². The number of hydrogen-bond acceptors (Lipinski definition) is 3. The van der Waals surface area contributed by atoms with Crippen molar-refractivity contribution in [2.24, 2.45) is 0 Å². The zero-order chi connectivity index (χ0) is 17.0. The largest absolute Gasteiger partial charge is 0.341 e. The average Bonchev–Trinajstić information content (AvgIpc) is 2.51. The molecular weight excluding hydrogens is 312 g/mol. The summed E-state index contributed by atoms with van der Waals surface area (Å²) in [6, 6.07) is 6.62. The van der Waals surface area contributed by atoms with Crippen LogP contribution in [0.25, 0.3) is 0 Å². The number of rotatable bonds is 5. The summed E-state index contributed by atoms with van der Waals surface area (Å²) in [4.78, 5) is 14.7. The standard InChI is InChI=1S/C17H26N2O3S/c1-4-16(17(20)18-11-6-5-7-12-18)19(23(3,21)22)15-10-8-9-14(2)13-15/h8-10,13,16H,4-7,11-12H2,1-3H3/t16-/m1/s1. The molecule has 1 saturated heterocycles. The molecule has 0 N–H and O–H groups in total. The number of aryl methyl sites for hydroxylation is 1. The lowest BCUT2D eigenvalue weighted by atomic mass is 10.1. The fraction of sp³-hybridized carbons (Fsp3) is 0.588. The first-order chi connectivity index (χ1) is 10.8. The van der Waals surface area contributed by atoms with E-state index >= 15 is 0 Å². The maximum atomic E-state index is 12.9. The van der Waals surface area contributed by atoms with Crippen molar-refractivity contribution >= 4 is 21.6 Å². The smallest absolute Gasteiger partial charge is 0.246 e. The lowest BCUT2D eigenvalue weighted by Gasteiger charge is -2.35. The molecule has 1 aromatic rings. The third-order valence-corrected chi connectivity index (χ3v) is 5.42. The molecule has 0 aromatic heterocycles. The van der Waals surface area contributed by atoms with E-state index in [2.05, 4.69) is 0 Å². The van der Waals surface area contributed by atoms with E-state index in [1.165, 1.54) is 10.6 Å². The monoisotopic (exact) mass is 338 g/mol. The second kappa shape index (κ2) is 7.34. The maximum absolute atomic E-state index is 12.9. The molecule has 1 amide bonds. The summed E-state index contributed by atoms with van der Waals surface area (Å²) < 4.78 is 26.1. The molecule has 1 atom stereocenters. The van der Waals surface area contributed by atoms with Crippen LogP contribution < -0.4 is 4.31 Å². The van der Waals surface area contributed by atoms with Gasteiger partial charge in [-0.3, -0.25) is 9.10 Å². The van der Waals surface area contributed by atoms with Crippen molar-refractivity contribution in [1.82, 2.24) is 4.90 Å². The lowest BCUT2D eigenvalue weighted by molar-refractivity contribution is -0.133. The Morgan fingerprint density at radius 1 is 1.26 bits per heavy atom. The first-order valence-electron chi connectivity index (χ1n) is 8.19. The third-order valence-electron chi connectivity index (χ3n) is 4.24. The highest BCUT2D eigenvalue weighted by Gasteiger charge is 2.34. The molecule has 0 radical (unpaired) electrons. The quantitative estimate of drug-likeness (QED) is 0.829. The molecule has 23 heavy (non-hydrogen) atoms. The summed E-state index contributed by atoms with van der Waals surface area (Å²) >= 11 is 0. The van der Waals surface area contributed by atoms with Gasteiger partial charge in [-0.25, -0.2) is 8.42 Å². The number of hydrogen-bond donors (Lipinski definition) is 0. The zero-order valence-corrected chi connectivity index (χ0v) is 15.0. The van der Waals surface area contributed by atoms with E-state index in [4.69, 9.17) is 0 Å². The topological polar surface area (TPSA) is 57.7 Å². The number of piperidine rings is 1. The van der Waals surface area contributed by atoms with Crippen LogP contribution in [0.3, 0.4) is 0 Å². The molecule has 0 spiro atoms. The molecule has 0 saturated carbocycles. The molecule has 1 heterocycles. The summed E-state index contributed by atoms with van der Waals surface area (Å²) in [7, 11) is -3.54. The Morgan fingerprint density at radius 3 is 2.43 bits per heavy atom. The Bertz CT molecular complexity index is 652. The second-order valence-corrected chi connectivity index (χ2v) is 8.07. The zero-order valence-electron chi connectivity index (χ0n) is 14.2. The molecule has 1 aromatic carbocycles. The van der Waals surface area contributed by atoms with Gasteiger partial charge in [-0.05, 0) is 50.3 Å². The Morgan fingerprint density at radius 2 is 1.91 bits per heavy atom. The summed E-state index contributed by atoms with van der Waals surface area (Å²) in [5.74, 6) is -0.0841. The van der Waals surface area contributed by atoms with Crippen molar-refractivity contribution in [2.75, 3.05) is 23.7 Å². The van der Waals surface area contributed by atoms with Crippen LogP contribution >= 0.6 is 0 Å². The van der Waals surface area contributed by atoms with Gasteiger partial charge < -0.3 is 4.90 Å². The number of benzene rings is 1. The van der Waals surface area contributed by atoms with Crippen molar-refractivity contribution in [3.05, 3.63) is 29.8 Å². The minimum Gasteiger partial charge on any atom is -0.341 e. The van der Waals surface area contributed by atoms with Crippen LogP contribution in [0.15, 0.2) is 24.3 Å². The van der Waals surface area contributed by atoms with E-state index in [9.17, 15) is 13.2 Å². The van der Waals surface area contributed by atoms with Crippen molar-refractivity contribution in [1.29, 1.82) is 0 Å². The van der Waals surface area contributed by atoms with Crippen LogP contribution in [0.1, 0.15) is 38.2 Å². The van der Waals surface area contributed by atoms with Crippen molar-refractivity contribution in [3.8, 4) is 0 Å². The van der Waals surface area contributed by atoms with Gasteiger partial charge in [-0.15, -0.1) is 0 Å². The van der Waals surface area contributed by atoms with Gasteiger partial charge in [0.2, 0.25) is 15.9 Å². The number of carbonyl (C=O) groups is 1. The molecule has 5 nitrogen and oxygen atoms in total. The van der Waals surface area contributed by atoms with Gasteiger partial charge in [0.25, 0.3) is 0 Å². The Hall–Kier alpha value is -1.56. The molecule has 128 valence electrons. The number of carbonyl (C=O) groups excluding carboxylic acids is 1. The van der Waals surface area contributed by atoms with Crippen LogP contribution in [-0.2, 0) is 14.8 Å². The molecule has 1 aliphatic heterocycles. The summed E-state index contributed by atoms with van der Waals surface area (Å²) in [5, 5.41) is 0. The molecule has 0 bridgehead atoms. The minimum absolute atomic E-state index is 0.0841. The van der Waals surface area contributed by atoms with Crippen molar-refractivity contribution in [3.63, 3.8) is 0 Å². The van der Waals surface area contributed by atoms with Gasteiger partial charge in [0, 0.05) is 13.1 Å². The number of likely N-dealkylation sites (tertiary alicyclic amines) is 1. The predicted molar refractivity (Wildman–Crippen MR) is 93.0 cm³/mol. The summed E-state index contributed by atoms with van der Waals surface area (Å²) in [6.07, 6.45) is 4.74. The SMILES string of the molecule is CC[C@H](C(=O)N1CCCCC1)N(c1cccc(C)c1)S(C)(=O)=O. The van der Waals surface area contributed by atoms with Crippen molar-refractivity contribution < 1.29 is 13.2 Å². The highest BCUT2D eigenvalue weighted by Crippen LogP contribution is 2.25. The Labute approximate surface area is 139 Å².